The molecule has 0 radical (unpaired) electrons. The van der Waals surface area contributed by atoms with E-state index in [9.17, 15) is 9.59 Å². The van der Waals surface area contributed by atoms with Gasteiger partial charge in [-0.1, -0.05) is 38.0 Å². The van der Waals surface area contributed by atoms with Gasteiger partial charge in [0.1, 0.15) is 0 Å². The predicted octanol–water partition coefficient (Wildman–Crippen LogP) is 2.02. The van der Waals surface area contributed by atoms with E-state index in [4.69, 9.17) is 0 Å². The number of nitrogens with zero attached hydrogens (tertiary/aromatic N) is 3. The minimum atomic E-state index is -0.114. The van der Waals surface area contributed by atoms with Crippen LogP contribution in [0.15, 0.2) is 29.1 Å². The van der Waals surface area contributed by atoms with Gasteiger partial charge in [0, 0.05) is 37.6 Å². The number of benzene rings is 1. The molecular weight excluding hydrogens is 316 g/mol. The van der Waals surface area contributed by atoms with Crippen LogP contribution in [-0.2, 0) is 6.54 Å². The normalized spacial score (nSPS) is 17.8. The highest BCUT2D eigenvalue weighted by molar-refractivity contribution is 6.04. The lowest BCUT2D eigenvalue weighted by Crippen LogP contribution is -2.52. The van der Waals surface area contributed by atoms with Gasteiger partial charge in [0.05, 0.1) is 5.39 Å². The molecule has 1 aromatic carbocycles. The molecule has 25 heavy (non-hydrogen) atoms. The summed E-state index contributed by atoms with van der Waals surface area (Å²) in [4.78, 5) is 27.7. The number of hydrogen-bond acceptors (Lipinski definition) is 4. The zero-order valence-corrected chi connectivity index (χ0v) is 15.0. The number of nitrogens with one attached hydrogen (secondary N) is 1. The molecule has 1 saturated heterocycles. The Morgan fingerprint density at radius 2 is 2.04 bits per heavy atom. The van der Waals surface area contributed by atoms with Crippen molar-refractivity contribution in [2.45, 2.75) is 45.7 Å². The quantitative estimate of drug-likeness (QED) is 0.844. The van der Waals surface area contributed by atoms with Crippen LogP contribution in [0, 0.1) is 0 Å². The summed E-state index contributed by atoms with van der Waals surface area (Å²) in [6, 6.07) is 7.40. The predicted molar refractivity (Wildman–Crippen MR) is 98.9 cm³/mol. The maximum absolute atomic E-state index is 13.1. The number of aromatic nitrogens is 2. The fraction of sp³-hybridized carbons (Fsp3) is 0.526. The van der Waals surface area contributed by atoms with Crippen molar-refractivity contribution in [2.24, 2.45) is 0 Å². The third kappa shape index (κ3) is 3.58. The van der Waals surface area contributed by atoms with Gasteiger partial charge in [-0.15, -0.1) is 0 Å². The summed E-state index contributed by atoms with van der Waals surface area (Å²) in [5.41, 5.74) is 0.275. The molecule has 1 aromatic heterocycles. The number of carbonyl (C=O) groups excluding carboxylic acids is 1. The van der Waals surface area contributed by atoms with Crippen LogP contribution in [0.4, 0.5) is 0 Å². The van der Waals surface area contributed by atoms with Crippen LogP contribution < -0.4 is 10.9 Å². The van der Waals surface area contributed by atoms with E-state index < -0.39 is 0 Å². The first-order valence-electron chi connectivity index (χ1n) is 9.15. The molecule has 1 atom stereocenters. The smallest absolute Gasteiger partial charge is 0.275 e. The maximum atomic E-state index is 13.1. The van der Waals surface area contributed by atoms with Crippen LogP contribution >= 0.6 is 0 Å². The molecule has 1 aliphatic rings. The molecule has 2 heterocycles. The van der Waals surface area contributed by atoms with E-state index in [-0.39, 0.29) is 17.5 Å². The van der Waals surface area contributed by atoms with Crippen molar-refractivity contribution in [2.75, 3.05) is 19.6 Å². The van der Waals surface area contributed by atoms with Crippen molar-refractivity contribution in [3.05, 3.63) is 40.3 Å². The largest absolute Gasteiger partial charge is 0.332 e. The zero-order valence-electron chi connectivity index (χ0n) is 15.0. The standard InChI is InChI=1S/C19H26N4O2/c1-3-4-7-11-23-18(24)16-9-6-5-8-15(16)17(21-23)19(25)22-12-10-20-13-14(22)2/h5-6,8-9,14,20H,3-4,7,10-13H2,1-2H3. The molecule has 3 rings (SSSR count). The Balaban J connectivity index is 2.05. The molecule has 2 aromatic rings. The molecule has 0 saturated carbocycles. The second-order valence-electron chi connectivity index (χ2n) is 6.68. The van der Waals surface area contributed by atoms with E-state index >= 15 is 0 Å². The Kier molecular flexibility index (Phi) is 5.48. The van der Waals surface area contributed by atoms with Gasteiger partial charge in [-0.2, -0.15) is 5.10 Å². The van der Waals surface area contributed by atoms with Crippen LogP contribution in [0.25, 0.3) is 10.8 Å². The fourth-order valence-corrected chi connectivity index (χ4v) is 3.34. The van der Waals surface area contributed by atoms with E-state index in [1.54, 1.807) is 6.07 Å². The molecular formula is C19H26N4O2. The lowest BCUT2D eigenvalue weighted by molar-refractivity contribution is 0.0649. The topological polar surface area (TPSA) is 67.2 Å². The Morgan fingerprint density at radius 1 is 1.28 bits per heavy atom. The first-order chi connectivity index (χ1) is 12.1. The SMILES string of the molecule is CCCCCn1nc(C(=O)N2CCNCC2C)c2ccccc2c1=O. The van der Waals surface area contributed by atoms with Gasteiger partial charge >= 0.3 is 0 Å². The first kappa shape index (κ1) is 17.6. The van der Waals surface area contributed by atoms with Crippen LogP contribution in [0.5, 0.6) is 0 Å². The Labute approximate surface area is 147 Å². The van der Waals surface area contributed by atoms with Crippen LogP contribution in [0.3, 0.4) is 0 Å². The molecule has 1 amide bonds. The Bertz CT molecular complexity index is 815. The average molecular weight is 342 g/mol. The summed E-state index contributed by atoms with van der Waals surface area (Å²) in [6.07, 6.45) is 3.00. The maximum Gasteiger partial charge on any atom is 0.275 e. The van der Waals surface area contributed by atoms with Gasteiger partial charge in [0.15, 0.2) is 5.69 Å². The van der Waals surface area contributed by atoms with Crippen molar-refractivity contribution in [3.8, 4) is 0 Å². The number of rotatable bonds is 5. The molecule has 6 nitrogen and oxygen atoms in total. The molecule has 1 aliphatic heterocycles. The van der Waals surface area contributed by atoms with Crippen LogP contribution in [-0.4, -0.2) is 46.3 Å². The monoisotopic (exact) mass is 342 g/mol. The highest BCUT2D eigenvalue weighted by Crippen LogP contribution is 2.17. The number of aryl methyl sites for hydroxylation is 1. The average Bonchev–Trinajstić information content (AvgIpc) is 2.64. The second-order valence-corrected chi connectivity index (χ2v) is 6.68. The summed E-state index contributed by atoms with van der Waals surface area (Å²) in [5.74, 6) is -0.0885. The Hall–Kier alpha value is -2.21. The first-order valence-corrected chi connectivity index (χ1v) is 9.15. The molecule has 0 aliphatic carbocycles. The van der Waals surface area contributed by atoms with Crippen LogP contribution in [0.1, 0.15) is 43.6 Å². The number of carbonyl (C=O) groups is 1. The summed E-state index contributed by atoms with van der Waals surface area (Å²) in [7, 11) is 0. The zero-order chi connectivity index (χ0) is 17.8. The molecule has 134 valence electrons. The minimum Gasteiger partial charge on any atom is -0.332 e. The molecule has 0 spiro atoms. The second kappa shape index (κ2) is 7.78. The highest BCUT2D eigenvalue weighted by atomic mass is 16.2. The van der Waals surface area contributed by atoms with Crippen molar-refractivity contribution >= 4 is 16.7 Å². The summed E-state index contributed by atoms with van der Waals surface area (Å²) in [5, 5.41) is 8.99. The van der Waals surface area contributed by atoms with Gasteiger partial charge in [-0.25, -0.2) is 4.68 Å². The summed E-state index contributed by atoms with van der Waals surface area (Å²) < 4.78 is 1.47. The number of hydrogen-bond donors (Lipinski definition) is 1. The molecule has 1 fully saturated rings. The molecule has 6 heteroatoms. The lowest BCUT2D eigenvalue weighted by atomic mass is 10.1. The summed E-state index contributed by atoms with van der Waals surface area (Å²) in [6.45, 7) is 6.92. The number of fused-ring (bicyclic) bond motifs is 1. The molecule has 1 unspecified atom stereocenters. The fourth-order valence-electron chi connectivity index (χ4n) is 3.34. The highest BCUT2D eigenvalue weighted by Gasteiger charge is 2.27. The van der Waals surface area contributed by atoms with Gasteiger partial charge in [-0.3, -0.25) is 9.59 Å². The van der Waals surface area contributed by atoms with Gasteiger partial charge in [0.2, 0.25) is 0 Å². The Morgan fingerprint density at radius 3 is 2.76 bits per heavy atom. The van der Waals surface area contributed by atoms with E-state index in [1.165, 1.54) is 4.68 Å². The van der Waals surface area contributed by atoms with Crippen molar-refractivity contribution in [3.63, 3.8) is 0 Å². The number of amides is 1. The molecule has 0 bridgehead atoms. The number of unbranched alkanes of at least 4 members (excludes halogenated alkanes) is 2. The van der Waals surface area contributed by atoms with Crippen LogP contribution in [0.2, 0.25) is 0 Å². The van der Waals surface area contributed by atoms with Gasteiger partial charge in [0.25, 0.3) is 11.5 Å². The minimum absolute atomic E-state index is 0.0885. The van der Waals surface area contributed by atoms with E-state index in [0.717, 1.165) is 32.4 Å². The summed E-state index contributed by atoms with van der Waals surface area (Å²) >= 11 is 0. The van der Waals surface area contributed by atoms with Gasteiger partial charge in [-0.05, 0) is 19.4 Å². The van der Waals surface area contributed by atoms with Crippen molar-refractivity contribution in [1.29, 1.82) is 0 Å². The van der Waals surface area contributed by atoms with E-state index in [2.05, 4.69) is 17.3 Å². The van der Waals surface area contributed by atoms with Crippen molar-refractivity contribution in [1.82, 2.24) is 20.0 Å². The number of piperazine rings is 1. The van der Waals surface area contributed by atoms with Gasteiger partial charge < -0.3 is 10.2 Å². The third-order valence-corrected chi connectivity index (χ3v) is 4.81. The van der Waals surface area contributed by atoms with E-state index in [1.807, 2.05) is 30.0 Å². The lowest BCUT2D eigenvalue weighted by Gasteiger charge is -2.33. The third-order valence-electron chi connectivity index (χ3n) is 4.81. The van der Waals surface area contributed by atoms with E-state index in [0.29, 0.717) is 29.6 Å². The van der Waals surface area contributed by atoms with Crippen molar-refractivity contribution < 1.29 is 4.79 Å². The molecule has 1 N–H and O–H groups in total.